The van der Waals surface area contributed by atoms with Gasteiger partial charge in [-0.2, -0.15) is 0 Å². The highest BCUT2D eigenvalue weighted by molar-refractivity contribution is 7.47. The smallest absolute Gasteiger partial charge is 0.462 e. The minimum Gasteiger partial charge on any atom is -0.462 e. The van der Waals surface area contributed by atoms with E-state index in [1.54, 1.807) is 0 Å². The summed E-state index contributed by atoms with van der Waals surface area (Å²) in [6.45, 7) is 11.9. The zero-order valence-corrected chi connectivity index (χ0v) is 66.8. The molecule has 0 aromatic heterocycles. The Morgan fingerprint density at radius 2 is 0.515 bits per heavy atom. The molecule has 588 valence electrons. The van der Waals surface area contributed by atoms with Gasteiger partial charge in [-0.05, 0) is 43.4 Å². The molecule has 0 spiro atoms. The highest BCUT2D eigenvalue weighted by Gasteiger charge is 2.30. The second-order valence-corrected chi connectivity index (χ2v) is 32.9. The van der Waals surface area contributed by atoms with Gasteiger partial charge in [0.1, 0.15) is 19.3 Å². The van der Waals surface area contributed by atoms with Crippen LogP contribution in [0.3, 0.4) is 0 Å². The van der Waals surface area contributed by atoms with Crippen LogP contribution in [0.4, 0.5) is 0 Å². The molecule has 6 atom stereocenters. The predicted molar refractivity (Wildman–Crippen MR) is 405 cm³/mol. The number of ether oxygens (including phenoxy) is 4. The Hall–Kier alpha value is -1.94. The van der Waals surface area contributed by atoms with Crippen LogP contribution in [-0.2, 0) is 65.4 Å². The van der Waals surface area contributed by atoms with Crippen molar-refractivity contribution in [1.82, 2.24) is 0 Å². The first-order chi connectivity index (χ1) is 47.8. The van der Waals surface area contributed by atoms with Gasteiger partial charge in [-0.1, -0.05) is 363 Å². The van der Waals surface area contributed by atoms with Crippen LogP contribution < -0.4 is 0 Å². The molecule has 0 saturated heterocycles. The lowest BCUT2D eigenvalue weighted by Crippen LogP contribution is -2.30. The molecule has 99 heavy (non-hydrogen) atoms. The van der Waals surface area contributed by atoms with Gasteiger partial charge in [-0.15, -0.1) is 0 Å². The Kier molecular flexibility index (Phi) is 69.0. The largest absolute Gasteiger partial charge is 0.472 e. The molecule has 0 fully saturated rings. The third-order valence-corrected chi connectivity index (χ3v) is 20.9. The van der Waals surface area contributed by atoms with Crippen LogP contribution in [0, 0.1) is 17.8 Å². The van der Waals surface area contributed by atoms with Crippen LogP contribution in [0.15, 0.2) is 0 Å². The van der Waals surface area contributed by atoms with Gasteiger partial charge in [-0.3, -0.25) is 37.3 Å². The van der Waals surface area contributed by atoms with Crippen molar-refractivity contribution in [3.8, 4) is 0 Å². The average molecular weight is 1450 g/mol. The van der Waals surface area contributed by atoms with E-state index in [4.69, 9.17) is 37.0 Å². The first-order valence-electron chi connectivity index (χ1n) is 41.4. The molecule has 0 saturated carbocycles. The topological polar surface area (TPSA) is 237 Å². The highest BCUT2D eigenvalue weighted by Crippen LogP contribution is 2.45. The van der Waals surface area contributed by atoms with Crippen molar-refractivity contribution >= 4 is 39.5 Å². The SMILES string of the molecule is CCCCCCCCCCCCCCCCCCCCCCCC(=O)O[C@H](COC(=O)CCCCCCCCCCCCCCCCC(C)CC)COP(=O)(O)OC[C@@H](O)COP(=O)(O)OC[C@@H](COC(=O)CCCCCCCCCC(C)C)OC(=O)CCCCCCCCCC(C)C. The van der Waals surface area contributed by atoms with E-state index in [0.717, 1.165) is 102 Å². The van der Waals surface area contributed by atoms with E-state index >= 15 is 0 Å². The van der Waals surface area contributed by atoms with Gasteiger partial charge in [0, 0.05) is 25.7 Å². The number of aliphatic hydroxyl groups excluding tert-OH is 1. The van der Waals surface area contributed by atoms with Gasteiger partial charge < -0.3 is 33.8 Å². The second-order valence-electron chi connectivity index (χ2n) is 30.0. The van der Waals surface area contributed by atoms with E-state index in [1.807, 2.05) is 0 Å². The average Bonchev–Trinajstić information content (AvgIpc) is 1.07. The summed E-state index contributed by atoms with van der Waals surface area (Å²) in [5.74, 6) is 0.133. The van der Waals surface area contributed by atoms with Crippen LogP contribution in [0.5, 0.6) is 0 Å². The maximum Gasteiger partial charge on any atom is 0.472 e. The van der Waals surface area contributed by atoms with Crippen LogP contribution in [0.25, 0.3) is 0 Å². The van der Waals surface area contributed by atoms with E-state index in [0.29, 0.717) is 37.5 Å². The van der Waals surface area contributed by atoms with E-state index in [-0.39, 0.29) is 25.7 Å². The Morgan fingerprint density at radius 1 is 0.293 bits per heavy atom. The molecule has 0 bridgehead atoms. The summed E-state index contributed by atoms with van der Waals surface area (Å²) in [7, 11) is -9.92. The molecule has 3 unspecified atom stereocenters. The molecule has 0 aliphatic carbocycles. The Labute approximate surface area is 607 Å². The summed E-state index contributed by atoms with van der Waals surface area (Å²) in [5.41, 5.74) is 0. The molecule has 0 radical (unpaired) electrons. The first-order valence-corrected chi connectivity index (χ1v) is 44.4. The summed E-state index contributed by atoms with van der Waals surface area (Å²) in [5, 5.41) is 10.6. The van der Waals surface area contributed by atoms with E-state index in [1.165, 1.54) is 218 Å². The lowest BCUT2D eigenvalue weighted by Gasteiger charge is -2.21. The van der Waals surface area contributed by atoms with Crippen molar-refractivity contribution in [3.05, 3.63) is 0 Å². The van der Waals surface area contributed by atoms with Gasteiger partial charge in [0.25, 0.3) is 0 Å². The number of aliphatic hydroxyl groups is 1. The number of hydrogen-bond acceptors (Lipinski definition) is 15. The zero-order valence-electron chi connectivity index (χ0n) is 65.0. The normalized spacial score (nSPS) is 14.3. The van der Waals surface area contributed by atoms with Crippen molar-refractivity contribution in [1.29, 1.82) is 0 Å². The molecule has 0 rings (SSSR count). The summed E-state index contributed by atoms with van der Waals surface area (Å²) >= 11 is 0. The van der Waals surface area contributed by atoms with Crippen molar-refractivity contribution in [2.24, 2.45) is 17.8 Å². The van der Waals surface area contributed by atoms with Gasteiger partial charge in [-0.25, -0.2) is 9.13 Å². The van der Waals surface area contributed by atoms with Crippen LogP contribution in [0.1, 0.15) is 414 Å². The highest BCUT2D eigenvalue weighted by atomic mass is 31.2. The quantitative estimate of drug-likeness (QED) is 0.0222. The Morgan fingerprint density at radius 3 is 0.768 bits per heavy atom. The van der Waals surface area contributed by atoms with E-state index < -0.39 is 97.5 Å². The molecule has 0 heterocycles. The number of phosphoric acid groups is 2. The maximum absolute atomic E-state index is 13.1. The number of rotatable bonds is 78. The minimum absolute atomic E-state index is 0.103. The van der Waals surface area contributed by atoms with E-state index in [9.17, 15) is 43.2 Å². The number of hydrogen-bond donors (Lipinski definition) is 3. The Balaban J connectivity index is 5.20. The number of unbranched alkanes of at least 4 members (excludes halogenated alkanes) is 45. The van der Waals surface area contributed by atoms with Crippen molar-refractivity contribution < 1.29 is 80.2 Å². The van der Waals surface area contributed by atoms with Crippen molar-refractivity contribution in [3.63, 3.8) is 0 Å². The first kappa shape index (κ1) is 97.1. The summed E-state index contributed by atoms with van der Waals surface area (Å²) < 4.78 is 68.6. The van der Waals surface area contributed by atoms with Gasteiger partial charge >= 0.3 is 39.5 Å². The van der Waals surface area contributed by atoms with Gasteiger partial charge in [0.05, 0.1) is 26.4 Å². The molecule has 17 nitrogen and oxygen atoms in total. The maximum atomic E-state index is 13.1. The molecule has 3 N–H and O–H groups in total. The zero-order chi connectivity index (χ0) is 73.0. The van der Waals surface area contributed by atoms with Crippen molar-refractivity contribution in [2.45, 2.75) is 433 Å². The lowest BCUT2D eigenvalue weighted by atomic mass is 9.99. The molecule has 0 aliphatic rings. The number of phosphoric ester groups is 2. The van der Waals surface area contributed by atoms with Crippen LogP contribution in [-0.4, -0.2) is 96.7 Å². The molecule has 0 aromatic rings. The third-order valence-electron chi connectivity index (χ3n) is 19.0. The number of carbonyl (C=O) groups excluding carboxylic acids is 4. The van der Waals surface area contributed by atoms with Gasteiger partial charge in [0.2, 0.25) is 0 Å². The number of carbonyl (C=O) groups is 4. The summed E-state index contributed by atoms with van der Waals surface area (Å²) in [6, 6.07) is 0. The lowest BCUT2D eigenvalue weighted by molar-refractivity contribution is -0.161. The van der Waals surface area contributed by atoms with Crippen molar-refractivity contribution in [2.75, 3.05) is 39.6 Å². The molecular formula is C80H156O17P2. The summed E-state index contributed by atoms with van der Waals surface area (Å²) in [6.07, 6.45) is 58.6. The monoisotopic (exact) mass is 1450 g/mol. The Bertz CT molecular complexity index is 1920. The molecule has 0 aliphatic heterocycles. The fourth-order valence-corrected chi connectivity index (χ4v) is 13.9. The molecule has 0 aromatic carbocycles. The molecule has 19 heteroatoms. The fraction of sp³-hybridized carbons (Fsp3) is 0.950. The minimum atomic E-state index is -4.96. The van der Waals surface area contributed by atoms with Gasteiger partial charge in [0.15, 0.2) is 12.2 Å². The molecule has 0 amide bonds. The predicted octanol–water partition coefficient (Wildman–Crippen LogP) is 23.7. The fourth-order valence-electron chi connectivity index (χ4n) is 12.3. The standard InChI is InChI=1S/C80H156O17P2/c1-8-10-11-12-13-14-15-16-17-18-19-20-21-22-23-28-31-34-41-49-56-63-79(84)96-75(67-90-77(82)61-54-47-40-33-30-27-25-24-26-29-32-39-46-53-60-73(7)9-2)69-94-98(86,87)92-65-74(81)66-93-99(88,89)95-70-76(97-80(85)64-57-50-43-36-38-45-52-59-72(5)6)68-91-78(83)62-55-48-42-35-37-44-51-58-71(3)4/h71-76,81H,8-70H2,1-7H3,(H,86,87)(H,88,89)/t73?,74-,75-,76-/m1/s1. The number of esters is 4. The second kappa shape index (κ2) is 70.4. The summed E-state index contributed by atoms with van der Waals surface area (Å²) in [4.78, 5) is 72.9. The van der Waals surface area contributed by atoms with Crippen LogP contribution >= 0.6 is 15.6 Å². The van der Waals surface area contributed by atoms with Crippen LogP contribution in [0.2, 0.25) is 0 Å². The third kappa shape index (κ3) is 72.8. The molecular weight excluding hydrogens is 1290 g/mol. The van der Waals surface area contributed by atoms with E-state index in [2.05, 4.69) is 48.5 Å².